The second-order valence-electron chi connectivity index (χ2n) is 7.29. The van der Waals surface area contributed by atoms with E-state index in [1.165, 1.54) is 28.8 Å². The summed E-state index contributed by atoms with van der Waals surface area (Å²) >= 11 is 1.73. The number of nitrogens with zero attached hydrogens (tertiary/aromatic N) is 1. The number of amides is 1. The Morgan fingerprint density at radius 2 is 2.04 bits per heavy atom. The van der Waals surface area contributed by atoms with Crippen molar-refractivity contribution in [2.45, 2.75) is 25.3 Å². The highest BCUT2D eigenvalue weighted by Gasteiger charge is 2.32. The lowest BCUT2D eigenvalue weighted by molar-refractivity contribution is -0.122. The van der Waals surface area contributed by atoms with E-state index < -0.39 is 0 Å². The van der Waals surface area contributed by atoms with Gasteiger partial charge in [-0.3, -0.25) is 9.69 Å². The Balaban J connectivity index is 1.62. The summed E-state index contributed by atoms with van der Waals surface area (Å²) in [6.07, 6.45) is 3.39. The van der Waals surface area contributed by atoms with Crippen LogP contribution in [0.4, 0.5) is 0 Å². The summed E-state index contributed by atoms with van der Waals surface area (Å²) in [6, 6.07) is 8.45. The molecule has 1 aliphatic carbocycles. The van der Waals surface area contributed by atoms with Gasteiger partial charge < -0.3 is 14.8 Å². The average Bonchev–Trinajstić information content (AvgIpc) is 3.37. The molecule has 1 saturated carbocycles. The number of hydrogen-bond acceptors (Lipinski definition) is 5. The number of thiophene rings is 1. The molecule has 4 rings (SSSR count). The Labute approximate surface area is 164 Å². The number of hydrogen-bond donors (Lipinski definition) is 1. The first-order valence-corrected chi connectivity index (χ1v) is 10.4. The molecular weight excluding hydrogens is 360 g/mol. The molecule has 0 radical (unpaired) electrons. The zero-order valence-corrected chi connectivity index (χ0v) is 16.7. The number of ether oxygens (including phenoxy) is 2. The zero-order valence-electron chi connectivity index (χ0n) is 15.9. The Morgan fingerprint density at radius 3 is 2.70 bits per heavy atom. The molecule has 27 heavy (non-hydrogen) atoms. The van der Waals surface area contributed by atoms with Crippen molar-refractivity contribution in [3.63, 3.8) is 0 Å². The number of carbonyl (C=O) groups is 1. The van der Waals surface area contributed by atoms with Gasteiger partial charge in [-0.05, 0) is 59.9 Å². The molecule has 1 aliphatic heterocycles. The highest BCUT2D eigenvalue weighted by atomic mass is 32.1. The van der Waals surface area contributed by atoms with Crippen LogP contribution in [-0.2, 0) is 11.2 Å². The smallest absolute Gasteiger partial charge is 0.234 e. The van der Waals surface area contributed by atoms with Gasteiger partial charge in [0.1, 0.15) is 0 Å². The molecule has 1 unspecified atom stereocenters. The summed E-state index contributed by atoms with van der Waals surface area (Å²) in [7, 11) is 3.33. The molecule has 0 saturated heterocycles. The highest BCUT2D eigenvalue weighted by molar-refractivity contribution is 7.10. The molecule has 2 aliphatic rings. The largest absolute Gasteiger partial charge is 0.493 e. The monoisotopic (exact) mass is 386 g/mol. The fourth-order valence-corrected chi connectivity index (χ4v) is 4.64. The van der Waals surface area contributed by atoms with Gasteiger partial charge in [-0.25, -0.2) is 0 Å². The fourth-order valence-electron chi connectivity index (χ4n) is 3.77. The van der Waals surface area contributed by atoms with E-state index in [0.717, 1.165) is 31.0 Å². The summed E-state index contributed by atoms with van der Waals surface area (Å²) in [6.45, 7) is 2.09. The number of nitrogens with one attached hydrogen (secondary N) is 1. The summed E-state index contributed by atoms with van der Waals surface area (Å²) in [4.78, 5) is 16.0. The first kappa shape index (κ1) is 18.3. The van der Waals surface area contributed by atoms with E-state index in [9.17, 15) is 4.79 Å². The predicted octanol–water partition coefficient (Wildman–Crippen LogP) is 3.24. The van der Waals surface area contributed by atoms with E-state index in [1.54, 1.807) is 25.6 Å². The quantitative estimate of drug-likeness (QED) is 0.794. The minimum Gasteiger partial charge on any atom is -0.493 e. The minimum absolute atomic E-state index is 0.0697. The first-order chi connectivity index (χ1) is 13.2. The summed E-state index contributed by atoms with van der Waals surface area (Å²) in [5.74, 6) is 2.31. The molecule has 1 atom stereocenters. The highest BCUT2D eigenvalue weighted by Crippen LogP contribution is 2.42. The van der Waals surface area contributed by atoms with E-state index in [4.69, 9.17) is 9.47 Å². The van der Waals surface area contributed by atoms with Crippen LogP contribution in [-0.4, -0.2) is 44.7 Å². The second-order valence-corrected chi connectivity index (χ2v) is 8.27. The zero-order chi connectivity index (χ0) is 18.8. The normalized spacial score (nSPS) is 19.4. The van der Waals surface area contributed by atoms with Gasteiger partial charge in [-0.1, -0.05) is 6.07 Å². The third-order valence-corrected chi connectivity index (χ3v) is 6.34. The van der Waals surface area contributed by atoms with Crippen molar-refractivity contribution in [1.29, 1.82) is 0 Å². The van der Waals surface area contributed by atoms with E-state index in [-0.39, 0.29) is 11.9 Å². The Bertz CT molecular complexity index is 802. The first-order valence-electron chi connectivity index (χ1n) is 9.48. The number of carbonyl (C=O) groups excluding carboxylic acids is 1. The molecule has 144 valence electrons. The molecule has 1 fully saturated rings. The molecule has 1 N–H and O–H groups in total. The van der Waals surface area contributed by atoms with Crippen LogP contribution in [0.3, 0.4) is 0 Å². The van der Waals surface area contributed by atoms with E-state index in [0.29, 0.717) is 12.5 Å². The van der Waals surface area contributed by atoms with Crippen molar-refractivity contribution in [3.8, 4) is 11.5 Å². The number of fused-ring (bicyclic) bond motifs is 1. The summed E-state index contributed by atoms with van der Waals surface area (Å²) < 4.78 is 11.0. The molecule has 1 aromatic heterocycles. The van der Waals surface area contributed by atoms with E-state index >= 15 is 0 Å². The number of benzene rings is 1. The maximum atomic E-state index is 12.5. The molecule has 1 amide bonds. The lowest BCUT2D eigenvalue weighted by Crippen LogP contribution is -2.43. The summed E-state index contributed by atoms with van der Waals surface area (Å²) in [5.41, 5.74) is 2.47. The maximum Gasteiger partial charge on any atom is 0.234 e. The van der Waals surface area contributed by atoms with Gasteiger partial charge in [0.25, 0.3) is 0 Å². The number of rotatable bonds is 7. The third kappa shape index (κ3) is 3.96. The molecule has 0 bridgehead atoms. The Hall–Kier alpha value is -2.05. The van der Waals surface area contributed by atoms with Crippen LogP contribution < -0.4 is 14.8 Å². The van der Waals surface area contributed by atoms with Gasteiger partial charge >= 0.3 is 0 Å². The molecule has 2 aromatic rings. The van der Waals surface area contributed by atoms with Gasteiger partial charge in [-0.15, -0.1) is 11.3 Å². The van der Waals surface area contributed by atoms with Crippen molar-refractivity contribution in [2.24, 2.45) is 5.92 Å². The van der Waals surface area contributed by atoms with Crippen molar-refractivity contribution in [2.75, 3.05) is 33.9 Å². The van der Waals surface area contributed by atoms with Crippen molar-refractivity contribution >= 4 is 17.2 Å². The van der Waals surface area contributed by atoms with Crippen molar-refractivity contribution in [3.05, 3.63) is 45.6 Å². The van der Waals surface area contributed by atoms with E-state index in [2.05, 4.69) is 39.9 Å². The minimum atomic E-state index is 0.0697. The molecule has 2 heterocycles. The molecule has 6 heteroatoms. The van der Waals surface area contributed by atoms with E-state index in [1.807, 2.05) is 0 Å². The van der Waals surface area contributed by atoms with Crippen LogP contribution in [0, 0.1) is 5.92 Å². The van der Waals surface area contributed by atoms with Gasteiger partial charge in [0.2, 0.25) is 5.91 Å². The standard InChI is InChI=1S/C21H26N2O3S/c1-25-17-10-15-7-8-23(13-20(24)22-12-14-5-6-14)21(19-4-3-9-27-19)16(15)11-18(17)26-2/h3-4,9-11,14,21H,5-8,12-13H2,1-2H3,(H,22,24). The fraction of sp³-hybridized carbons (Fsp3) is 0.476. The second kappa shape index (κ2) is 7.90. The Kier molecular flexibility index (Phi) is 5.36. The van der Waals surface area contributed by atoms with Gasteiger partial charge in [-0.2, -0.15) is 0 Å². The average molecular weight is 387 g/mol. The van der Waals surface area contributed by atoms with Crippen LogP contribution in [0.2, 0.25) is 0 Å². The van der Waals surface area contributed by atoms with Gasteiger partial charge in [0.15, 0.2) is 11.5 Å². The molecule has 1 aromatic carbocycles. The van der Waals surface area contributed by atoms with Crippen LogP contribution in [0.25, 0.3) is 0 Å². The van der Waals surface area contributed by atoms with Crippen LogP contribution in [0.1, 0.15) is 34.9 Å². The molecule has 5 nitrogen and oxygen atoms in total. The SMILES string of the molecule is COc1cc2c(cc1OC)C(c1cccs1)N(CC(=O)NCC1CC1)CC2. The summed E-state index contributed by atoms with van der Waals surface area (Å²) in [5, 5.41) is 5.19. The number of methoxy groups -OCH3 is 2. The lowest BCUT2D eigenvalue weighted by atomic mass is 9.91. The third-order valence-electron chi connectivity index (χ3n) is 5.42. The topological polar surface area (TPSA) is 50.8 Å². The molecule has 0 spiro atoms. The van der Waals surface area contributed by atoms with Gasteiger partial charge in [0.05, 0.1) is 26.8 Å². The van der Waals surface area contributed by atoms with Crippen molar-refractivity contribution < 1.29 is 14.3 Å². The van der Waals surface area contributed by atoms with Crippen molar-refractivity contribution in [1.82, 2.24) is 10.2 Å². The predicted molar refractivity (Wildman–Crippen MR) is 107 cm³/mol. The molecular formula is C21H26N2O3S. The van der Waals surface area contributed by atoms with Crippen LogP contribution in [0.5, 0.6) is 11.5 Å². The lowest BCUT2D eigenvalue weighted by Gasteiger charge is -2.37. The maximum absolute atomic E-state index is 12.5. The van der Waals surface area contributed by atoms with Gasteiger partial charge in [0, 0.05) is 18.0 Å². The Morgan fingerprint density at radius 1 is 1.26 bits per heavy atom. The van der Waals surface area contributed by atoms with Crippen LogP contribution >= 0.6 is 11.3 Å². The van der Waals surface area contributed by atoms with Crippen LogP contribution in [0.15, 0.2) is 29.6 Å².